The van der Waals surface area contributed by atoms with Crippen LogP contribution in [0.15, 0.2) is 77.5 Å². The van der Waals surface area contributed by atoms with Crippen molar-refractivity contribution in [2.24, 2.45) is 5.41 Å². The zero-order valence-electron chi connectivity index (χ0n) is 27.8. The average molecular weight is 583 g/mol. The smallest absolute Gasteiger partial charge is 0.161 e. The normalized spacial score (nSPS) is 13.4. The van der Waals surface area contributed by atoms with Gasteiger partial charge in [0.2, 0.25) is 0 Å². The molecule has 0 heterocycles. The second-order valence-electron chi connectivity index (χ2n) is 12.1. The van der Waals surface area contributed by atoms with E-state index in [0.29, 0.717) is 31.3 Å². The lowest BCUT2D eigenvalue weighted by Gasteiger charge is -2.20. The molecule has 236 valence electrons. The van der Waals surface area contributed by atoms with Gasteiger partial charge in [-0.05, 0) is 95.8 Å². The highest BCUT2D eigenvalue weighted by Gasteiger charge is 2.14. The summed E-state index contributed by atoms with van der Waals surface area (Å²) in [5, 5.41) is 9.69. The number of rotatable bonds is 22. The molecule has 0 aliphatic heterocycles. The number of hydrogen-bond acceptors (Lipinski definition) is 5. The van der Waals surface area contributed by atoms with Gasteiger partial charge in [0.15, 0.2) is 11.5 Å². The number of aliphatic hydroxyl groups is 1. The molecule has 0 saturated carbocycles. The summed E-state index contributed by atoms with van der Waals surface area (Å²) in [6, 6.07) is 5.68. The van der Waals surface area contributed by atoms with Crippen LogP contribution in [-0.4, -0.2) is 45.3 Å². The van der Waals surface area contributed by atoms with Gasteiger partial charge in [-0.25, -0.2) is 0 Å². The van der Waals surface area contributed by atoms with Crippen LogP contribution >= 0.6 is 0 Å². The molecule has 0 bridgehead atoms. The molecule has 0 spiro atoms. The molecule has 0 amide bonds. The van der Waals surface area contributed by atoms with Crippen LogP contribution < -0.4 is 9.47 Å². The lowest BCUT2D eigenvalue weighted by Crippen LogP contribution is -2.24. The van der Waals surface area contributed by atoms with Gasteiger partial charge in [0.05, 0.1) is 40.6 Å². The van der Waals surface area contributed by atoms with Crippen molar-refractivity contribution in [1.29, 1.82) is 0 Å². The van der Waals surface area contributed by atoms with Crippen molar-refractivity contribution in [2.75, 3.05) is 34.0 Å². The Kier molecular flexibility index (Phi) is 18.8. The van der Waals surface area contributed by atoms with Crippen LogP contribution in [-0.2, 0) is 16.1 Å². The highest BCUT2D eigenvalue weighted by Crippen LogP contribution is 2.29. The molecule has 0 radical (unpaired) electrons. The molecule has 0 aromatic heterocycles. The molecule has 1 N–H and O–H groups in total. The largest absolute Gasteiger partial charge is 0.493 e. The average Bonchev–Trinajstić information content (AvgIpc) is 2.96. The van der Waals surface area contributed by atoms with Crippen LogP contribution in [0.2, 0.25) is 0 Å². The molecule has 0 fully saturated rings. The SMILES string of the molecule is C=C(CC=C(C)CCC=C(C)C)CCC(C)(C)C=CCCC(C)=CCOC(CO)COCc1ccc(OC)c(OC)c1. The topological polar surface area (TPSA) is 57.2 Å². The Labute approximate surface area is 257 Å². The van der Waals surface area contributed by atoms with E-state index in [9.17, 15) is 5.11 Å². The number of benzene rings is 1. The molecule has 5 heteroatoms. The molecule has 42 heavy (non-hydrogen) atoms. The zero-order chi connectivity index (χ0) is 31.4. The van der Waals surface area contributed by atoms with Gasteiger partial charge in [-0.3, -0.25) is 0 Å². The molecule has 1 unspecified atom stereocenters. The molecular formula is C37H58O5. The van der Waals surface area contributed by atoms with E-state index in [2.05, 4.69) is 78.5 Å². The number of ether oxygens (including phenoxy) is 4. The quantitative estimate of drug-likeness (QED) is 0.138. The van der Waals surface area contributed by atoms with Crippen LogP contribution in [0.5, 0.6) is 11.5 Å². The third kappa shape index (κ3) is 17.4. The van der Waals surface area contributed by atoms with Crippen molar-refractivity contribution in [3.63, 3.8) is 0 Å². The van der Waals surface area contributed by atoms with E-state index in [-0.39, 0.29) is 18.1 Å². The van der Waals surface area contributed by atoms with E-state index in [1.54, 1.807) is 14.2 Å². The standard InChI is InChI=1S/C37H58O5/c1-29(2)13-12-15-30(3)16-17-32(5)20-23-37(6,7)22-11-10-14-31(4)21-24-42-34(26-38)28-41-27-33-18-19-35(39-8)36(25-33)40-9/h11,13,16,18-19,21-22,25,34,38H,5,10,12,14-15,17,20,23-24,26-28H2,1-4,6-9H3. The second-order valence-corrected chi connectivity index (χ2v) is 12.1. The Morgan fingerprint density at radius 3 is 2.29 bits per heavy atom. The van der Waals surface area contributed by atoms with Crippen LogP contribution in [0.3, 0.4) is 0 Å². The fraction of sp³-hybridized carbons (Fsp3) is 0.568. The first-order valence-corrected chi connectivity index (χ1v) is 15.3. The van der Waals surface area contributed by atoms with Gasteiger partial charge in [-0.15, -0.1) is 0 Å². The maximum Gasteiger partial charge on any atom is 0.161 e. The summed E-state index contributed by atoms with van der Waals surface area (Å²) in [7, 11) is 3.22. The fourth-order valence-corrected chi connectivity index (χ4v) is 4.27. The summed E-state index contributed by atoms with van der Waals surface area (Å²) in [5.41, 5.74) is 6.55. The van der Waals surface area contributed by atoms with E-state index in [4.69, 9.17) is 18.9 Å². The Morgan fingerprint density at radius 2 is 1.62 bits per heavy atom. The Morgan fingerprint density at radius 1 is 0.929 bits per heavy atom. The summed E-state index contributed by atoms with van der Waals surface area (Å²) in [6.45, 7) is 18.7. The van der Waals surface area contributed by atoms with Crippen molar-refractivity contribution in [2.45, 2.75) is 99.2 Å². The fourth-order valence-electron chi connectivity index (χ4n) is 4.27. The Balaban J connectivity index is 2.32. The van der Waals surface area contributed by atoms with Crippen LogP contribution in [0.4, 0.5) is 0 Å². The summed E-state index contributed by atoms with van der Waals surface area (Å²) in [4.78, 5) is 0. The number of hydrogen-bond donors (Lipinski definition) is 1. The lowest BCUT2D eigenvalue weighted by atomic mass is 9.85. The molecule has 1 rings (SSSR count). The van der Waals surface area contributed by atoms with Crippen molar-refractivity contribution in [1.82, 2.24) is 0 Å². The lowest BCUT2D eigenvalue weighted by molar-refractivity contribution is -0.0372. The van der Waals surface area contributed by atoms with E-state index in [1.165, 1.54) is 22.3 Å². The van der Waals surface area contributed by atoms with Gasteiger partial charge in [-0.2, -0.15) is 0 Å². The number of methoxy groups -OCH3 is 2. The molecule has 1 atom stereocenters. The first-order valence-electron chi connectivity index (χ1n) is 15.3. The molecule has 1 aromatic rings. The van der Waals surface area contributed by atoms with Crippen molar-refractivity contribution in [3.8, 4) is 11.5 Å². The maximum atomic E-state index is 9.69. The van der Waals surface area contributed by atoms with Crippen LogP contribution in [0.1, 0.15) is 92.1 Å². The molecule has 0 aliphatic carbocycles. The minimum atomic E-state index is -0.369. The van der Waals surface area contributed by atoms with Gasteiger partial charge in [-0.1, -0.05) is 79.2 Å². The van der Waals surface area contributed by atoms with Crippen LogP contribution in [0, 0.1) is 5.41 Å². The zero-order valence-corrected chi connectivity index (χ0v) is 27.8. The van der Waals surface area contributed by atoms with Gasteiger partial charge in [0.1, 0.15) is 6.10 Å². The van der Waals surface area contributed by atoms with Gasteiger partial charge in [0.25, 0.3) is 0 Å². The van der Waals surface area contributed by atoms with Gasteiger partial charge < -0.3 is 24.1 Å². The highest BCUT2D eigenvalue weighted by molar-refractivity contribution is 5.42. The maximum absolute atomic E-state index is 9.69. The molecule has 5 nitrogen and oxygen atoms in total. The number of aliphatic hydroxyl groups excluding tert-OH is 1. The van der Waals surface area contributed by atoms with Crippen molar-refractivity contribution in [3.05, 3.63) is 83.0 Å². The summed E-state index contributed by atoms with van der Waals surface area (Å²) < 4.78 is 22.2. The van der Waals surface area contributed by atoms with Crippen molar-refractivity contribution < 1.29 is 24.1 Å². The first-order chi connectivity index (χ1) is 20.0. The third-order valence-corrected chi connectivity index (χ3v) is 7.22. The monoisotopic (exact) mass is 582 g/mol. The minimum Gasteiger partial charge on any atom is -0.493 e. The molecule has 0 saturated heterocycles. The van der Waals surface area contributed by atoms with E-state index >= 15 is 0 Å². The second kappa shape index (κ2) is 21.1. The van der Waals surface area contributed by atoms with Gasteiger partial charge in [0, 0.05) is 0 Å². The third-order valence-electron chi connectivity index (χ3n) is 7.22. The molecular weight excluding hydrogens is 524 g/mol. The van der Waals surface area contributed by atoms with E-state index in [0.717, 1.165) is 50.5 Å². The Bertz CT molecular complexity index is 1040. The van der Waals surface area contributed by atoms with Gasteiger partial charge >= 0.3 is 0 Å². The van der Waals surface area contributed by atoms with Crippen molar-refractivity contribution >= 4 is 0 Å². The predicted octanol–water partition coefficient (Wildman–Crippen LogP) is 9.33. The van der Waals surface area contributed by atoms with E-state index < -0.39 is 0 Å². The minimum absolute atomic E-state index is 0.0881. The van der Waals surface area contributed by atoms with E-state index in [1.807, 2.05) is 18.2 Å². The first kappa shape index (κ1) is 37.4. The molecule has 1 aromatic carbocycles. The summed E-state index contributed by atoms with van der Waals surface area (Å²) >= 11 is 0. The Hall–Kier alpha value is -2.60. The number of allylic oxidation sites excluding steroid dienone is 8. The summed E-state index contributed by atoms with van der Waals surface area (Å²) in [6.07, 6.45) is 18.4. The van der Waals surface area contributed by atoms with Crippen LogP contribution in [0.25, 0.3) is 0 Å². The predicted molar refractivity (Wildman–Crippen MR) is 177 cm³/mol. The molecule has 0 aliphatic rings. The summed E-state index contributed by atoms with van der Waals surface area (Å²) in [5.74, 6) is 1.35. The highest BCUT2D eigenvalue weighted by atomic mass is 16.5.